The number of hydrogen-bond donors (Lipinski definition) is 1. The number of carbonyl (C=O) groups is 1. The van der Waals surface area contributed by atoms with Crippen molar-refractivity contribution < 1.29 is 4.79 Å². The van der Waals surface area contributed by atoms with Gasteiger partial charge in [0.1, 0.15) is 6.17 Å². The Morgan fingerprint density at radius 3 is 2.43 bits per heavy atom. The second-order valence-corrected chi connectivity index (χ2v) is 8.11. The smallest absolute Gasteiger partial charge is 0.251 e. The van der Waals surface area contributed by atoms with Gasteiger partial charge < -0.3 is 4.90 Å². The van der Waals surface area contributed by atoms with Crippen LogP contribution in [0.1, 0.15) is 36.8 Å². The Labute approximate surface area is 172 Å². The molecule has 0 saturated carbocycles. The molecule has 3 nitrogen and oxygen atoms in total. The maximum Gasteiger partial charge on any atom is 0.251 e. The molecule has 146 valence electrons. The SMILES string of the molecule is O=C1C2=C(CCCC2)C(NCCc2ccc(Cl)cc2)N1CCc1ccccc1. The second kappa shape index (κ2) is 8.93. The zero-order valence-electron chi connectivity index (χ0n) is 16.2. The number of amides is 1. The van der Waals surface area contributed by atoms with E-state index < -0.39 is 0 Å². The van der Waals surface area contributed by atoms with Crippen LogP contribution in [0.4, 0.5) is 0 Å². The largest absolute Gasteiger partial charge is 0.319 e. The summed E-state index contributed by atoms with van der Waals surface area (Å²) in [7, 11) is 0. The Balaban J connectivity index is 1.43. The number of carbonyl (C=O) groups excluding carboxylic acids is 1. The first-order valence-electron chi connectivity index (χ1n) is 10.3. The molecule has 0 saturated heterocycles. The average molecular weight is 395 g/mol. The van der Waals surface area contributed by atoms with Crippen LogP contribution in [0.15, 0.2) is 65.7 Å². The molecule has 0 radical (unpaired) electrons. The Morgan fingerprint density at radius 2 is 1.64 bits per heavy atom. The first kappa shape index (κ1) is 19.2. The van der Waals surface area contributed by atoms with Crippen LogP contribution < -0.4 is 5.32 Å². The van der Waals surface area contributed by atoms with Gasteiger partial charge in [-0.3, -0.25) is 10.1 Å². The van der Waals surface area contributed by atoms with Crippen molar-refractivity contribution in [2.75, 3.05) is 13.1 Å². The number of benzene rings is 2. The van der Waals surface area contributed by atoms with Crippen LogP contribution >= 0.6 is 11.6 Å². The van der Waals surface area contributed by atoms with Crippen molar-refractivity contribution in [3.63, 3.8) is 0 Å². The molecule has 2 aromatic carbocycles. The molecule has 0 fully saturated rings. The predicted molar refractivity (Wildman–Crippen MR) is 114 cm³/mol. The van der Waals surface area contributed by atoms with Gasteiger partial charge in [-0.05, 0) is 67.4 Å². The van der Waals surface area contributed by atoms with Crippen molar-refractivity contribution >= 4 is 17.5 Å². The van der Waals surface area contributed by atoms with E-state index in [0.717, 1.165) is 55.8 Å². The van der Waals surface area contributed by atoms with Crippen molar-refractivity contribution in [2.45, 2.75) is 44.7 Å². The quantitative estimate of drug-likeness (QED) is 0.734. The average Bonchev–Trinajstić information content (AvgIpc) is 3.00. The zero-order valence-corrected chi connectivity index (χ0v) is 16.9. The monoisotopic (exact) mass is 394 g/mol. The predicted octanol–water partition coefficient (Wildman–Crippen LogP) is 4.75. The molecule has 4 heteroatoms. The highest BCUT2D eigenvalue weighted by Gasteiger charge is 2.38. The van der Waals surface area contributed by atoms with E-state index in [2.05, 4.69) is 46.6 Å². The summed E-state index contributed by atoms with van der Waals surface area (Å²) in [5.41, 5.74) is 4.94. The van der Waals surface area contributed by atoms with E-state index in [1.165, 1.54) is 23.1 Å². The van der Waals surface area contributed by atoms with Gasteiger partial charge in [-0.15, -0.1) is 0 Å². The van der Waals surface area contributed by atoms with E-state index >= 15 is 0 Å². The van der Waals surface area contributed by atoms with Crippen molar-refractivity contribution in [1.29, 1.82) is 0 Å². The summed E-state index contributed by atoms with van der Waals surface area (Å²) in [5.74, 6) is 0.245. The van der Waals surface area contributed by atoms with Gasteiger partial charge >= 0.3 is 0 Å². The molecule has 0 spiro atoms. The molecule has 1 unspecified atom stereocenters. The van der Waals surface area contributed by atoms with Gasteiger partial charge in [-0.1, -0.05) is 54.1 Å². The minimum atomic E-state index is 0.0545. The van der Waals surface area contributed by atoms with Gasteiger partial charge in [-0.25, -0.2) is 0 Å². The molecule has 2 aromatic rings. The fourth-order valence-corrected chi connectivity index (χ4v) is 4.44. The Morgan fingerprint density at radius 1 is 0.929 bits per heavy atom. The zero-order chi connectivity index (χ0) is 19.3. The van der Waals surface area contributed by atoms with Crippen LogP contribution in [0.3, 0.4) is 0 Å². The fourth-order valence-electron chi connectivity index (χ4n) is 4.32. The molecule has 1 N–H and O–H groups in total. The molecule has 1 aliphatic carbocycles. The minimum Gasteiger partial charge on any atom is -0.319 e. The van der Waals surface area contributed by atoms with Gasteiger partial charge in [-0.2, -0.15) is 0 Å². The van der Waals surface area contributed by atoms with E-state index in [4.69, 9.17) is 11.6 Å². The van der Waals surface area contributed by atoms with Crippen molar-refractivity contribution in [3.8, 4) is 0 Å². The van der Waals surface area contributed by atoms with Crippen LogP contribution in [-0.4, -0.2) is 30.1 Å². The summed E-state index contributed by atoms with van der Waals surface area (Å²) in [6.45, 7) is 1.60. The lowest BCUT2D eigenvalue weighted by Gasteiger charge is -2.28. The third-order valence-electron chi connectivity index (χ3n) is 5.82. The summed E-state index contributed by atoms with van der Waals surface area (Å²) >= 11 is 5.98. The standard InChI is InChI=1S/C24H27ClN2O/c25-20-12-10-19(11-13-20)14-16-26-23-21-8-4-5-9-22(21)24(28)27(23)17-15-18-6-2-1-3-7-18/h1-3,6-7,10-13,23,26H,4-5,8-9,14-17H2. The van der Waals surface area contributed by atoms with Crippen molar-refractivity contribution in [3.05, 3.63) is 81.9 Å². The summed E-state index contributed by atoms with van der Waals surface area (Å²) < 4.78 is 0. The highest BCUT2D eigenvalue weighted by atomic mass is 35.5. The molecule has 2 aliphatic rings. The lowest BCUT2D eigenvalue weighted by molar-refractivity contribution is -0.127. The highest BCUT2D eigenvalue weighted by molar-refractivity contribution is 6.30. The first-order valence-corrected chi connectivity index (χ1v) is 10.6. The molecule has 1 atom stereocenters. The molecule has 4 rings (SSSR count). The van der Waals surface area contributed by atoms with E-state index in [-0.39, 0.29) is 12.1 Å². The van der Waals surface area contributed by atoms with E-state index in [0.29, 0.717) is 0 Å². The van der Waals surface area contributed by atoms with E-state index in [1.54, 1.807) is 0 Å². The van der Waals surface area contributed by atoms with E-state index in [9.17, 15) is 4.79 Å². The number of halogens is 1. The molecule has 28 heavy (non-hydrogen) atoms. The molecule has 1 aliphatic heterocycles. The second-order valence-electron chi connectivity index (χ2n) is 7.68. The van der Waals surface area contributed by atoms with Crippen LogP contribution in [0.25, 0.3) is 0 Å². The Bertz CT molecular complexity index is 845. The maximum absolute atomic E-state index is 13.1. The number of rotatable bonds is 7. The number of nitrogens with one attached hydrogen (secondary N) is 1. The number of hydrogen-bond acceptors (Lipinski definition) is 2. The summed E-state index contributed by atoms with van der Waals surface area (Å²) in [5, 5.41) is 4.44. The first-order chi connectivity index (χ1) is 13.7. The van der Waals surface area contributed by atoms with Gasteiger partial charge in [0.2, 0.25) is 0 Å². The lowest BCUT2D eigenvalue weighted by Crippen LogP contribution is -2.47. The van der Waals surface area contributed by atoms with Crippen LogP contribution in [-0.2, 0) is 17.6 Å². The van der Waals surface area contributed by atoms with Gasteiger partial charge in [0, 0.05) is 23.7 Å². The highest BCUT2D eigenvalue weighted by Crippen LogP contribution is 2.35. The van der Waals surface area contributed by atoms with E-state index in [1.807, 2.05) is 18.2 Å². The lowest BCUT2D eigenvalue weighted by atomic mass is 9.92. The van der Waals surface area contributed by atoms with Crippen LogP contribution in [0, 0.1) is 0 Å². The molecular formula is C24H27ClN2O. The maximum atomic E-state index is 13.1. The normalized spacial score (nSPS) is 19.2. The van der Waals surface area contributed by atoms with Gasteiger partial charge in [0.15, 0.2) is 0 Å². The molecule has 0 bridgehead atoms. The van der Waals surface area contributed by atoms with Crippen molar-refractivity contribution in [1.82, 2.24) is 10.2 Å². The third-order valence-corrected chi connectivity index (χ3v) is 6.07. The Kier molecular flexibility index (Phi) is 6.13. The molecular weight excluding hydrogens is 368 g/mol. The summed E-state index contributed by atoms with van der Waals surface area (Å²) in [6.07, 6.45) is 6.17. The molecule has 1 heterocycles. The topological polar surface area (TPSA) is 32.3 Å². The van der Waals surface area contributed by atoms with Crippen molar-refractivity contribution in [2.24, 2.45) is 0 Å². The summed E-state index contributed by atoms with van der Waals surface area (Å²) in [4.78, 5) is 15.1. The van der Waals surface area contributed by atoms with Gasteiger partial charge in [0.25, 0.3) is 5.91 Å². The summed E-state index contributed by atoms with van der Waals surface area (Å²) in [6, 6.07) is 18.4. The Hall–Kier alpha value is -2.10. The third kappa shape index (κ3) is 4.31. The van der Waals surface area contributed by atoms with Crippen LogP contribution in [0.5, 0.6) is 0 Å². The number of nitrogens with zero attached hydrogens (tertiary/aromatic N) is 1. The molecule has 0 aromatic heterocycles. The minimum absolute atomic E-state index is 0.0545. The molecule has 1 amide bonds. The van der Waals surface area contributed by atoms with Crippen LogP contribution in [0.2, 0.25) is 5.02 Å². The fraction of sp³-hybridized carbons (Fsp3) is 0.375. The van der Waals surface area contributed by atoms with Gasteiger partial charge in [0.05, 0.1) is 0 Å².